The summed E-state index contributed by atoms with van der Waals surface area (Å²) >= 11 is 1.69. The Morgan fingerprint density at radius 2 is 2.25 bits per heavy atom. The number of nitrogen functional groups attached to an aromatic ring is 1. The Morgan fingerprint density at radius 3 is 2.94 bits per heavy atom. The van der Waals surface area contributed by atoms with Crippen LogP contribution < -0.4 is 5.73 Å². The van der Waals surface area contributed by atoms with Crippen molar-refractivity contribution in [3.05, 3.63) is 46.4 Å². The van der Waals surface area contributed by atoms with E-state index >= 15 is 0 Å². The van der Waals surface area contributed by atoms with Crippen molar-refractivity contribution in [1.82, 2.24) is 9.88 Å². The quantitative estimate of drug-likeness (QED) is 0.824. The van der Waals surface area contributed by atoms with Crippen molar-refractivity contribution in [2.45, 2.75) is 13.1 Å². The number of hydrogen-bond acceptors (Lipinski definition) is 4. The van der Waals surface area contributed by atoms with Crippen LogP contribution in [0, 0.1) is 0 Å². The van der Waals surface area contributed by atoms with Gasteiger partial charge in [-0.25, -0.2) is 4.98 Å². The molecule has 0 spiro atoms. The molecule has 0 amide bonds. The van der Waals surface area contributed by atoms with Crippen LogP contribution in [0.25, 0.3) is 0 Å². The summed E-state index contributed by atoms with van der Waals surface area (Å²) in [5.74, 6) is 0. The van der Waals surface area contributed by atoms with Gasteiger partial charge in [-0.15, -0.1) is 11.3 Å². The van der Waals surface area contributed by atoms with Gasteiger partial charge in [-0.2, -0.15) is 0 Å². The van der Waals surface area contributed by atoms with Crippen LogP contribution in [-0.2, 0) is 13.1 Å². The van der Waals surface area contributed by atoms with E-state index in [-0.39, 0.29) is 0 Å². The lowest BCUT2D eigenvalue weighted by Gasteiger charge is -2.15. The average molecular weight is 233 g/mol. The molecule has 84 valence electrons. The molecule has 0 saturated heterocycles. The first kappa shape index (κ1) is 11.1. The fourth-order valence-corrected chi connectivity index (χ4v) is 2.32. The Bertz CT molecular complexity index is 439. The zero-order valence-corrected chi connectivity index (χ0v) is 10.1. The Balaban J connectivity index is 1.94. The van der Waals surface area contributed by atoms with Gasteiger partial charge in [0.25, 0.3) is 0 Å². The predicted molar refractivity (Wildman–Crippen MR) is 68.1 cm³/mol. The first-order valence-electron chi connectivity index (χ1n) is 5.15. The van der Waals surface area contributed by atoms with Crippen LogP contribution in [-0.4, -0.2) is 16.9 Å². The summed E-state index contributed by atoms with van der Waals surface area (Å²) in [4.78, 5) is 6.50. The molecule has 1 heterocycles. The van der Waals surface area contributed by atoms with Gasteiger partial charge in [0.2, 0.25) is 0 Å². The van der Waals surface area contributed by atoms with E-state index in [1.54, 1.807) is 11.3 Å². The second kappa shape index (κ2) is 5.09. The third-order valence-corrected chi connectivity index (χ3v) is 3.06. The molecule has 0 bridgehead atoms. The predicted octanol–water partition coefficient (Wildman–Crippen LogP) is 2.36. The van der Waals surface area contributed by atoms with Gasteiger partial charge in [-0.05, 0) is 24.7 Å². The van der Waals surface area contributed by atoms with Crippen molar-refractivity contribution in [3.8, 4) is 0 Å². The monoisotopic (exact) mass is 233 g/mol. The van der Waals surface area contributed by atoms with E-state index in [1.165, 1.54) is 5.56 Å². The molecule has 0 aliphatic rings. The van der Waals surface area contributed by atoms with Crippen LogP contribution in [0.3, 0.4) is 0 Å². The van der Waals surface area contributed by atoms with Gasteiger partial charge in [0.1, 0.15) is 5.01 Å². The van der Waals surface area contributed by atoms with Crippen molar-refractivity contribution in [3.63, 3.8) is 0 Å². The fraction of sp³-hybridized carbons (Fsp3) is 0.250. The van der Waals surface area contributed by atoms with Crippen molar-refractivity contribution in [1.29, 1.82) is 0 Å². The topological polar surface area (TPSA) is 42.1 Å². The minimum Gasteiger partial charge on any atom is -0.399 e. The summed E-state index contributed by atoms with van der Waals surface area (Å²) in [6.45, 7) is 1.77. The van der Waals surface area contributed by atoms with Gasteiger partial charge in [0, 0.05) is 23.8 Å². The molecule has 3 nitrogen and oxygen atoms in total. The third kappa shape index (κ3) is 3.05. The number of hydrogen-bond donors (Lipinski definition) is 1. The van der Waals surface area contributed by atoms with Crippen LogP contribution in [0.4, 0.5) is 5.69 Å². The van der Waals surface area contributed by atoms with Gasteiger partial charge in [-0.3, -0.25) is 4.90 Å². The summed E-state index contributed by atoms with van der Waals surface area (Å²) in [5, 5.41) is 3.15. The van der Waals surface area contributed by atoms with Gasteiger partial charge in [0.15, 0.2) is 0 Å². The number of anilines is 1. The maximum absolute atomic E-state index is 5.74. The van der Waals surface area contributed by atoms with Gasteiger partial charge in [0.05, 0.1) is 6.54 Å². The highest BCUT2D eigenvalue weighted by atomic mass is 32.1. The number of thiazole rings is 1. The van der Waals surface area contributed by atoms with Gasteiger partial charge in [-0.1, -0.05) is 12.1 Å². The third-order valence-electron chi connectivity index (χ3n) is 2.29. The smallest absolute Gasteiger partial charge is 0.107 e. The molecule has 1 aromatic carbocycles. The highest BCUT2D eigenvalue weighted by molar-refractivity contribution is 7.09. The first-order chi connectivity index (χ1) is 7.74. The fourth-order valence-electron chi connectivity index (χ4n) is 1.62. The van der Waals surface area contributed by atoms with Crippen LogP contribution in [0.15, 0.2) is 35.8 Å². The maximum atomic E-state index is 5.74. The summed E-state index contributed by atoms with van der Waals surface area (Å²) in [5.41, 5.74) is 7.80. The molecule has 0 aliphatic carbocycles. The van der Waals surface area contributed by atoms with E-state index in [0.29, 0.717) is 0 Å². The number of benzene rings is 1. The summed E-state index contributed by atoms with van der Waals surface area (Å²) in [6.07, 6.45) is 1.84. The van der Waals surface area contributed by atoms with E-state index < -0.39 is 0 Å². The lowest BCUT2D eigenvalue weighted by atomic mass is 10.2. The van der Waals surface area contributed by atoms with Gasteiger partial charge >= 0.3 is 0 Å². The Kier molecular flexibility index (Phi) is 3.54. The van der Waals surface area contributed by atoms with E-state index in [4.69, 9.17) is 5.73 Å². The minimum absolute atomic E-state index is 0.820. The average Bonchev–Trinajstić information content (AvgIpc) is 2.70. The molecule has 2 N–H and O–H groups in total. The zero-order valence-electron chi connectivity index (χ0n) is 9.26. The van der Waals surface area contributed by atoms with Crippen LogP contribution >= 0.6 is 11.3 Å². The molecule has 2 rings (SSSR count). The van der Waals surface area contributed by atoms with Gasteiger partial charge < -0.3 is 5.73 Å². The van der Waals surface area contributed by atoms with Crippen molar-refractivity contribution in [2.75, 3.05) is 12.8 Å². The molecule has 0 fully saturated rings. The van der Waals surface area contributed by atoms with E-state index in [0.717, 1.165) is 23.8 Å². The van der Waals surface area contributed by atoms with E-state index in [9.17, 15) is 0 Å². The second-order valence-corrected chi connectivity index (χ2v) is 4.82. The number of nitrogens with two attached hydrogens (primary N) is 1. The molecule has 0 aliphatic heterocycles. The molecule has 0 unspecified atom stereocenters. The van der Waals surface area contributed by atoms with Crippen LogP contribution in [0.2, 0.25) is 0 Å². The molecule has 0 radical (unpaired) electrons. The molecule has 0 saturated carbocycles. The van der Waals surface area contributed by atoms with E-state index in [2.05, 4.69) is 23.0 Å². The summed E-state index contributed by atoms with van der Waals surface area (Å²) < 4.78 is 0. The maximum Gasteiger partial charge on any atom is 0.107 e. The molecule has 4 heteroatoms. The van der Waals surface area contributed by atoms with Crippen molar-refractivity contribution in [2.24, 2.45) is 0 Å². The molecule has 2 aromatic rings. The van der Waals surface area contributed by atoms with Crippen molar-refractivity contribution >= 4 is 17.0 Å². The minimum atomic E-state index is 0.820. The number of aromatic nitrogens is 1. The molecular formula is C12H15N3S. The Morgan fingerprint density at radius 1 is 1.38 bits per heavy atom. The number of rotatable bonds is 4. The largest absolute Gasteiger partial charge is 0.399 e. The molecule has 1 aromatic heterocycles. The lowest BCUT2D eigenvalue weighted by molar-refractivity contribution is 0.318. The summed E-state index contributed by atoms with van der Waals surface area (Å²) in [7, 11) is 2.09. The standard InChI is InChI=1S/C12H15N3S/c1-15(9-12-14-5-6-16-12)8-10-3-2-4-11(13)7-10/h2-7H,8-9,13H2,1H3. The highest BCUT2D eigenvalue weighted by Gasteiger charge is 2.03. The summed E-state index contributed by atoms with van der Waals surface area (Å²) in [6, 6.07) is 8.00. The molecule has 0 atom stereocenters. The Labute approximate surface area is 99.5 Å². The molecule has 16 heavy (non-hydrogen) atoms. The zero-order chi connectivity index (χ0) is 11.4. The second-order valence-electron chi connectivity index (χ2n) is 3.84. The van der Waals surface area contributed by atoms with Crippen molar-refractivity contribution < 1.29 is 0 Å². The normalized spacial score (nSPS) is 10.9. The Hall–Kier alpha value is -1.39. The first-order valence-corrected chi connectivity index (χ1v) is 6.03. The molecular weight excluding hydrogens is 218 g/mol. The lowest BCUT2D eigenvalue weighted by Crippen LogP contribution is -2.17. The van der Waals surface area contributed by atoms with E-state index in [1.807, 2.05) is 29.8 Å². The number of nitrogens with zero attached hydrogens (tertiary/aromatic N) is 2. The van der Waals surface area contributed by atoms with Crippen LogP contribution in [0.5, 0.6) is 0 Å². The SMILES string of the molecule is CN(Cc1cccc(N)c1)Cc1nccs1. The highest BCUT2D eigenvalue weighted by Crippen LogP contribution is 2.12. The van der Waals surface area contributed by atoms with Crippen LogP contribution in [0.1, 0.15) is 10.6 Å².